The van der Waals surface area contributed by atoms with Crippen molar-refractivity contribution in [1.82, 2.24) is 19.7 Å². The highest BCUT2D eigenvalue weighted by Crippen LogP contribution is 2.41. The first kappa shape index (κ1) is 12.5. The Hall–Kier alpha value is -2.21. The lowest BCUT2D eigenvalue weighted by Gasteiger charge is -2.08. The number of para-hydroxylation sites is 1. The summed E-state index contributed by atoms with van der Waals surface area (Å²) in [5.41, 5.74) is 4.25. The summed E-state index contributed by atoms with van der Waals surface area (Å²) in [5, 5.41) is 11.6. The maximum Gasteiger partial charge on any atom is 0.229 e. The van der Waals surface area contributed by atoms with E-state index in [1.54, 1.807) is 17.7 Å². The van der Waals surface area contributed by atoms with Crippen LogP contribution in [0.5, 0.6) is 0 Å². The normalized spacial score (nSPS) is 14.3. The molecular formula is C15H15N5S. The van der Waals surface area contributed by atoms with E-state index in [1.807, 2.05) is 40.4 Å². The van der Waals surface area contributed by atoms with Gasteiger partial charge in [-0.1, -0.05) is 18.2 Å². The van der Waals surface area contributed by atoms with Crippen molar-refractivity contribution >= 4 is 17.3 Å². The molecule has 1 fully saturated rings. The van der Waals surface area contributed by atoms with E-state index in [0.29, 0.717) is 5.92 Å². The van der Waals surface area contributed by atoms with Gasteiger partial charge in [0.2, 0.25) is 5.95 Å². The van der Waals surface area contributed by atoms with Crippen LogP contribution in [-0.4, -0.2) is 19.7 Å². The van der Waals surface area contributed by atoms with Crippen LogP contribution in [-0.2, 0) is 6.54 Å². The molecule has 1 aromatic carbocycles. The fourth-order valence-electron chi connectivity index (χ4n) is 2.39. The van der Waals surface area contributed by atoms with Gasteiger partial charge in [-0.15, -0.1) is 21.5 Å². The topological polar surface area (TPSA) is 55.6 Å². The fraction of sp³-hybridized carbons (Fsp3) is 0.267. The van der Waals surface area contributed by atoms with Gasteiger partial charge in [0.15, 0.2) is 0 Å². The van der Waals surface area contributed by atoms with Gasteiger partial charge in [0.05, 0.1) is 23.4 Å². The highest BCUT2D eigenvalue weighted by Gasteiger charge is 2.28. The molecule has 1 aliphatic rings. The summed E-state index contributed by atoms with van der Waals surface area (Å²) >= 11 is 1.71. The van der Waals surface area contributed by atoms with Crippen LogP contribution in [0.2, 0.25) is 0 Å². The van der Waals surface area contributed by atoms with Gasteiger partial charge in [0.25, 0.3) is 0 Å². The van der Waals surface area contributed by atoms with Crippen LogP contribution >= 0.6 is 11.3 Å². The molecule has 0 saturated heterocycles. The molecule has 0 atom stereocenters. The third-order valence-corrected chi connectivity index (χ3v) is 4.47. The Kier molecular flexibility index (Phi) is 3.16. The Labute approximate surface area is 126 Å². The van der Waals surface area contributed by atoms with Crippen molar-refractivity contribution in [2.45, 2.75) is 25.3 Å². The maximum atomic E-state index is 4.49. The Morgan fingerprint density at radius 1 is 1.24 bits per heavy atom. The Morgan fingerprint density at radius 3 is 2.90 bits per heavy atom. The third kappa shape index (κ3) is 2.54. The van der Waals surface area contributed by atoms with E-state index in [2.05, 4.69) is 20.5 Å². The van der Waals surface area contributed by atoms with E-state index in [0.717, 1.165) is 18.2 Å². The first-order chi connectivity index (χ1) is 10.4. The molecule has 0 bridgehead atoms. The zero-order valence-corrected chi connectivity index (χ0v) is 12.3. The number of hydrogen-bond donors (Lipinski definition) is 1. The largest absolute Gasteiger partial charge is 0.349 e. The van der Waals surface area contributed by atoms with Gasteiger partial charge in [-0.2, -0.15) is 0 Å². The van der Waals surface area contributed by atoms with Crippen molar-refractivity contribution in [3.8, 4) is 5.69 Å². The van der Waals surface area contributed by atoms with Crippen LogP contribution in [0.1, 0.15) is 29.3 Å². The number of rotatable bonds is 5. The third-order valence-electron chi connectivity index (χ3n) is 3.63. The molecule has 2 heterocycles. The van der Waals surface area contributed by atoms with Crippen molar-refractivity contribution in [1.29, 1.82) is 0 Å². The number of hydrogen-bond acceptors (Lipinski definition) is 5. The van der Waals surface area contributed by atoms with Crippen molar-refractivity contribution < 1.29 is 0 Å². The molecule has 0 unspecified atom stereocenters. The molecule has 3 aromatic rings. The summed E-state index contributed by atoms with van der Waals surface area (Å²) in [4.78, 5) is 5.80. The lowest BCUT2D eigenvalue weighted by Crippen LogP contribution is -2.06. The SMILES string of the molecule is c1ccc(-n2cnnc2NCc2scnc2C2CC2)cc1. The lowest BCUT2D eigenvalue weighted by atomic mass is 10.2. The van der Waals surface area contributed by atoms with Crippen molar-refractivity contribution in [2.24, 2.45) is 0 Å². The molecule has 0 spiro atoms. The minimum absolute atomic E-state index is 0.681. The second-order valence-corrected chi connectivity index (χ2v) is 6.09. The first-order valence-electron chi connectivity index (χ1n) is 7.03. The van der Waals surface area contributed by atoms with Crippen molar-refractivity contribution in [3.05, 3.63) is 52.7 Å². The predicted octanol–water partition coefficient (Wildman–Crippen LogP) is 3.21. The van der Waals surface area contributed by atoms with Gasteiger partial charge in [0.1, 0.15) is 6.33 Å². The molecule has 0 amide bonds. The van der Waals surface area contributed by atoms with Crippen LogP contribution in [0.4, 0.5) is 5.95 Å². The van der Waals surface area contributed by atoms with Crippen LogP contribution in [0, 0.1) is 0 Å². The number of thiazole rings is 1. The molecule has 6 heteroatoms. The average molecular weight is 297 g/mol. The van der Waals surface area contributed by atoms with Crippen LogP contribution in [0.25, 0.3) is 5.69 Å². The predicted molar refractivity (Wildman–Crippen MR) is 82.8 cm³/mol. The maximum absolute atomic E-state index is 4.49. The highest BCUT2D eigenvalue weighted by atomic mass is 32.1. The molecule has 0 aliphatic heterocycles. The van der Waals surface area contributed by atoms with Gasteiger partial charge in [-0.3, -0.25) is 4.57 Å². The zero-order chi connectivity index (χ0) is 14.1. The number of anilines is 1. The zero-order valence-electron chi connectivity index (χ0n) is 11.4. The summed E-state index contributed by atoms with van der Waals surface area (Å²) in [6.45, 7) is 0.752. The van der Waals surface area contributed by atoms with Gasteiger partial charge >= 0.3 is 0 Å². The van der Waals surface area contributed by atoms with E-state index >= 15 is 0 Å². The molecule has 106 valence electrons. The summed E-state index contributed by atoms with van der Waals surface area (Å²) < 4.78 is 1.96. The van der Waals surface area contributed by atoms with Gasteiger partial charge in [-0.05, 0) is 25.0 Å². The first-order valence-corrected chi connectivity index (χ1v) is 7.91. The Bertz CT molecular complexity index is 729. The van der Waals surface area contributed by atoms with Crippen molar-refractivity contribution in [2.75, 3.05) is 5.32 Å². The molecule has 0 radical (unpaired) electrons. The van der Waals surface area contributed by atoms with Crippen LogP contribution in [0.15, 0.2) is 42.2 Å². The molecule has 5 nitrogen and oxygen atoms in total. The quantitative estimate of drug-likeness (QED) is 0.785. The highest BCUT2D eigenvalue weighted by molar-refractivity contribution is 7.09. The van der Waals surface area contributed by atoms with Crippen LogP contribution in [0.3, 0.4) is 0 Å². The summed E-state index contributed by atoms with van der Waals surface area (Å²) in [5.74, 6) is 1.44. The van der Waals surface area contributed by atoms with Crippen molar-refractivity contribution in [3.63, 3.8) is 0 Å². The number of nitrogens with one attached hydrogen (secondary N) is 1. The van der Waals surface area contributed by atoms with Gasteiger partial charge in [-0.25, -0.2) is 4.98 Å². The minimum atomic E-state index is 0.681. The van der Waals surface area contributed by atoms with E-state index < -0.39 is 0 Å². The number of aromatic nitrogens is 4. The molecule has 2 aromatic heterocycles. The van der Waals surface area contributed by atoms with E-state index in [4.69, 9.17) is 0 Å². The summed E-state index contributed by atoms with van der Waals surface area (Å²) in [6, 6.07) is 10.1. The summed E-state index contributed by atoms with van der Waals surface area (Å²) in [7, 11) is 0. The monoisotopic (exact) mass is 297 g/mol. The molecule has 1 N–H and O–H groups in total. The lowest BCUT2D eigenvalue weighted by molar-refractivity contribution is 0.969. The number of nitrogens with zero attached hydrogens (tertiary/aromatic N) is 4. The molecule has 21 heavy (non-hydrogen) atoms. The summed E-state index contributed by atoms with van der Waals surface area (Å²) in [6.07, 6.45) is 4.28. The second kappa shape index (κ2) is 5.29. The average Bonchev–Trinajstić information content (AvgIpc) is 3.09. The Balaban J connectivity index is 1.53. The van der Waals surface area contributed by atoms with E-state index in [1.165, 1.54) is 23.4 Å². The standard InChI is InChI=1S/C15H15N5S/c1-2-4-12(5-3-1)20-9-18-19-15(20)16-8-13-14(11-6-7-11)17-10-21-13/h1-5,9-11H,6-8H2,(H,16,19). The molecule has 4 rings (SSSR count). The van der Waals surface area contributed by atoms with Gasteiger partial charge in [0, 0.05) is 10.8 Å². The molecule has 1 aliphatic carbocycles. The number of benzene rings is 1. The molecule has 1 saturated carbocycles. The van der Waals surface area contributed by atoms with Crippen LogP contribution < -0.4 is 5.32 Å². The fourth-order valence-corrected chi connectivity index (χ4v) is 3.18. The minimum Gasteiger partial charge on any atom is -0.349 e. The second-order valence-electron chi connectivity index (χ2n) is 5.15. The molecular weight excluding hydrogens is 282 g/mol. The van der Waals surface area contributed by atoms with E-state index in [-0.39, 0.29) is 0 Å². The van der Waals surface area contributed by atoms with E-state index in [9.17, 15) is 0 Å². The Morgan fingerprint density at radius 2 is 2.10 bits per heavy atom. The smallest absolute Gasteiger partial charge is 0.229 e. The van der Waals surface area contributed by atoms with Gasteiger partial charge < -0.3 is 5.32 Å².